The van der Waals surface area contributed by atoms with Crippen molar-refractivity contribution in [1.29, 1.82) is 0 Å². The number of nitrogens with zero attached hydrogens (tertiary/aromatic N) is 1. The minimum Gasteiger partial charge on any atom is -0.309 e. The van der Waals surface area contributed by atoms with Crippen molar-refractivity contribution in [3.05, 3.63) is 340 Å². The molecule has 0 saturated carbocycles. The first-order valence-electron chi connectivity index (χ1n) is 30.0. The number of hydrogen-bond acceptors (Lipinski definition) is 2. The van der Waals surface area contributed by atoms with Crippen molar-refractivity contribution in [3.63, 3.8) is 0 Å². The van der Waals surface area contributed by atoms with E-state index < -0.39 is 7.14 Å². The molecule has 2 aromatic heterocycles. The summed E-state index contributed by atoms with van der Waals surface area (Å²) in [5.41, 5.74) is 21.9. The lowest BCUT2D eigenvalue weighted by Gasteiger charge is -2.21. The van der Waals surface area contributed by atoms with Gasteiger partial charge in [-0.2, -0.15) is 0 Å². The molecule has 0 spiro atoms. The fourth-order valence-corrected chi connectivity index (χ4v) is 17.0. The van der Waals surface area contributed by atoms with Crippen molar-refractivity contribution in [2.24, 2.45) is 0 Å². The molecular formula is C84H56NOPS. The molecule has 0 aliphatic rings. The number of rotatable bonds is 12. The molecule has 1 unspecified atom stereocenters. The SMILES string of the molecule is O=P(c1ccccc1)(c1ccc(-c2ccc(-c3ccccc3-c3ccccc3-c3ccccc3-c3ccccc3)cc2)cc1)c1ccc2c(c1)c1cc(-c3cccc(-c4ccc5c(c4)sc4ccc(-c6ccccc6)cc45)c3)ccc1n2-c1ccccc1. The van der Waals surface area contributed by atoms with Gasteiger partial charge in [-0.1, -0.05) is 273 Å². The Morgan fingerprint density at radius 2 is 0.602 bits per heavy atom. The van der Waals surface area contributed by atoms with Crippen LogP contribution >= 0.6 is 18.5 Å². The fraction of sp³-hybridized carbons (Fsp3) is 0. The van der Waals surface area contributed by atoms with Gasteiger partial charge < -0.3 is 9.13 Å². The van der Waals surface area contributed by atoms with Crippen LogP contribution < -0.4 is 15.9 Å². The summed E-state index contributed by atoms with van der Waals surface area (Å²) >= 11 is 1.85. The summed E-state index contributed by atoms with van der Waals surface area (Å²) in [6.07, 6.45) is 0. The Hall–Kier alpha value is -10.7. The van der Waals surface area contributed by atoms with E-state index in [0.29, 0.717) is 0 Å². The largest absolute Gasteiger partial charge is 0.309 e. The van der Waals surface area contributed by atoms with Gasteiger partial charge in [0, 0.05) is 52.5 Å². The zero-order valence-electron chi connectivity index (χ0n) is 48.0. The molecule has 0 radical (unpaired) electrons. The average molecular weight is 1160 g/mol. The van der Waals surface area contributed by atoms with Crippen LogP contribution in [0.2, 0.25) is 0 Å². The Morgan fingerprint density at radius 1 is 0.227 bits per heavy atom. The Labute approximate surface area is 516 Å². The van der Waals surface area contributed by atoms with Gasteiger partial charge in [-0.3, -0.25) is 0 Å². The van der Waals surface area contributed by atoms with Crippen LogP contribution in [0.1, 0.15) is 0 Å². The second kappa shape index (κ2) is 22.3. The third-order valence-corrected chi connectivity index (χ3v) is 21.8. The van der Waals surface area contributed by atoms with E-state index in [4.69, 9.17) is 0 Å². The van der Waals surface area contributed by atoms with Gasteiger partial charge in [-0.25, -0.2) is 0 Å². The maximum Gasteiger partial charge on any atom is 0.171 e. The van der Waals surface area contributed by atoms with Gasteiger partial charge in [0.25, 0.3) is 0 Å². The van der Waals surface area contributed by atoms with Gasteiger partial charge >= 0.3 is 0 Å². The van der Waals surface area contributed by atoms with E-state index in [1.54, 1.807) is 0 Å². The standard InChI is InChI=1S/C84H56NOPS/c86-87(68-28-11-4-12-29-68,69-45-40-59(41-46-69)58-36-38-61(39-37-58)72-31-14-16-33-74(72)76-35-18-17-34-75(76)73-32-15-13-30-71(73)60-22-7-2-8-23-60)70-47-50-82-79(56-70)78-53-65(43-49-81(78)85(82)67-26-9-3-10-27-67)62-24-19-25-63(52-62)66-42-48-77-80-54-64(57-20-5-1-6-21-57)44-51-83(80)88-84(77)55-66/h1-56H. The lowest BCUT2D eigenvalue weighted by atomic mass is 9.86. The number of hydrogen-bond donors (Lipinski definition) is 0. The van der Waals surface area contributed by atoms with E-state index in [1.165, 1.54) is 81.4 Å². The maximum absolute atomic E-state index is 16.5. The molecule has 14 aromatic carbocycles. The number of fused-ring (bicyclic) bond motifs is 6. The van der Waals surface area contributed by atoms with Crippen LogP contribution in [0.3, 0.4) is 0 Å². The number of thiophene rings is 1. The molecule has 4 heteroatoms. The molecule has 0 aliphatic carbocycles. The molecule has 0 fully saturated rings. The molecule has 0 aliphatic heterocycles. The molecule has 88 heavy (non-hydrogen) atoms. The van der Waals surface area contributed by atoms with Gasteiger partial charge in [0.2, 0.25) is 0 Å². The van der Waals surface area contributed by atoms with Crippen molar-refractivity contribution in [2.75, 3.05) is 0 Å². The average Bonchev–Trinajstić information content (AvgIpc) is 1.79. The van der Waals surface area contributed by atoms with Crippen LogP contribution in [0.15, 0.2) is 340 Å². The van der Waals surface area contributed by atoms with E-state index in [1.807, 2.05) is 41.7 Å². The summed E-state index contributed by atoms with van der Waals surface area (Å²) < 4.78 is 21.5. The first kappa shape index (κ1) is 52.9. The third kappa shape index (κ3) is 9.41. The normalized spacial score (nSPS) is 12.2. The second-order valence-electron chi connectivity index (χ2n) is 22.6. The number of para-hydroxylation sites is 1. The van der Waals surface area contributed by atoms with Gasteiger partial charge in [-0.05, 0) is 156 Å². The lowest BCUT2D eigenvalue weighted by Crippen LogP contribution is -2.25. The van der Waals surface area contributed by atoms with E-state index >= 15 is 4.57 Å². The van der Waals surface area contributed by atoms with E-state index in [-0.39, 0.29) is 0 Å². The molecule has 2 nitrogen and oxygen atoms in total. The minimum absolute atomic E-state index is 0.787. The number of benzene rings is 14. The maximum atomic E-state index is 16.5. The zero-order valence-corrected chi connectivity index (χ0v) is 49.8. The smallest absolute Gasteiger partial charge is 0.171 e. The van der Waals surface area contributed by atoms with Crippen LogP contribution in [-0.2, 0) is 4.57 Å². The highest BCUT2D eigenvalue weighted by molar-refractivity contribution is 7.85. The van der Waals surface area contributed by atoms with Gasteiger partial charge in [0.1, 0.15) is 0 Å². The molecule has 0 N–H and O–H groups in total. The summed E-state index contributed by atoms with van der Waals surface area (Å²) in [6.45, 7) is 0. The quantitative estimate of drug-likeness (QED) is 0.112. The topological polar surface area (TPSA) is 22.0 Å². The second-order valence-corrected chi connectivity index (χ2v) is 26.5. The van der Waals surface area contributed by atoms with Crippen LogP contribution in [0.25, 0.3) is 137 Å². The molecule has 16 aromatic rings. The van der Waals surface area contributed by atoms with E-state index in [0.717, 1.165) is 71.2 Å². The predicted molar refractivity (Wildman–Crippen MR) is 377 cm³/mol. The lowest BCUT2D eigenvalue weighted by molar-refractivity contribution is 0.592. The van der Waals surface area contributed by atoms with Crippen molar-refractivity contribution < 1.29 is 4.57 Å². The van der Waals surface area contributed by atoms with Crippen molar-refractivity contribution >= 4 is 76.4 Å². The van der Waals surface area contributed by atoms with Crippen molar-refractivity contribution in [2.45, 2.75) is 0 Å². The van der Waals surface area contributed by atoms with E-state index in [2.05, 4.69) is 314 Å². The molecule has 0 bridgehead atoms. The summed E-state index contributed by atoms with van der Waals surface area (Å²) in [5, 5.41) is 7.10. The van der Waals surface area contributed by atoms with Gasteiger partial charge in [-0.15, -0.1) is 11.3 Å². The van der Waals surface area contributed by atoms with Crippen LogP contribution in [0.4, 0.5) is 0 Å². The van der Waals surface area contributed by atoms with Gasteiger partial charge in [0.05, 0.1) is 11.0 Å². The molecule has 0 amide bonds. The molecule has 0 saturated heterocycles. The summed E-state index contributed by atoms with van der Waals surface area (Å²) in [7, 11) is -3.43. The van der Waals surface area contributed by atoms with Crippen LogP contribution in [0.5, 0.6) is 0 Å². The highest BCUT2D eigenvalue weighted by Gasteiger charge is 2.31. The van der Waals surface area contributed by atoms with Crippen LogP contribution in [-0.4, -0.2) is 4.57 Å². The first-order chi connectivity index (χ1) is 43.5. The summed E-state index contributed by atoms with van der Waals surface area (Å²) in [6, 6.07) is 121. The zero-order chi connectivity index (χ0) is 58.5. The van der Waals surface area contributed by atoms with E-state index in [9.17, 15) is 0 Å². The van der Waals surface area contributed by atoms with Crippen molar-refractivity contribution in [1.82, 2.24) is 4.57 Å². The Bertz CT molecular complexity index is 5320. The highest BCUT2D eigenvalue weighted by atomic mass is 32.1. The molecular weight excluding hydrogens is 1100 g/mol. The third-order valence-electron chi connectivity index (χ3n) is 17.6. The minimum atomic E-state index is -3.43. The summed E-state index contributed by atoms with van der Waals surface area (Å²) in [4.78, 5) is 0. The predicted octanol–water partition coefficient (Wildman–Crippen LogP) is 22.1. The molecule has 16 rings (SSSR count). The first-order valence-corrected chi connectivity index (χ1v) is 32.5. The molecule has 2 heterocycles. The Balaban J connectivity index is 0.740. The number of aromatic nitrogens is 1. The fourth-order valence-electron chi connectivity index (χ4n) is 13.2. The van der Waals surface area contributed by atoms with Crippen molar-refractivity contribution in [3.8, 4) is 94.7 Å². The highest BCUT2D eigenvalue weighted by Crippen LogP contribution is 2.47. The molecule has 1 atom stereocenters. The Morgan fingerprint density at radius 3 is 1.23 bits per heavy atom. The van der Waals surface area contributed by atoms with Crippen LogP contribution in [0, 0.1) is 0 Å². The molecule has 414 valence electrons. The Kier molecular flexibility index (Phi) is 13.4. The monoisotopic (exact) mass is 1160 g/mol. The van der Waals surface area contributed by atoms with Gasteiger partial charge in [0.15, 0.2) is 7.14 Å². The summed E-state index contributed by atoms with van der Waals surface area (Å²) in [5.74, 6) is 0.